The van der Waals surface area contributed by atoms with E-state index in [-0.39, 0.29) is 11.8 Å². The van der Waals surface area contributed by atoms with Gasteiger partial charge in [-0.2, -0.15) is 0 Å². The van der Waals surface area contributed by atoms with Crippen LogP contribution >= 0.6 is 11.3 Å². The molecule has 1 N–H and O–H groups in total. The molecule has 0 unspecified atom stereocenters. The van der Waals surface area contributed by atoms with Crippen molar-refractivity contribution in [3.8, 4) is 0 Å². The maximum absolute atomic E-state index is 11.9. The molecule has 1 aromatic carbocycles. The van der Waals surface area contributed by atoms with E-state index in [2.05, 4.69) is 22.4 Å². The summed E-state index contributed by atoms with van der Waals surface area (Å²) in [6.07, 6.45) is 6.49. The third-order valence-corrected chi connectivity index (χ3v) is 5.03. The van der Waals surface area contributed by atoms with Crippen molar-refractivity contribution in [3.63, 3.8) is 0 Å². The van der Waals surface area contributed by atoms with Gasteiger partial charge in [-0.25, -0.2) is 4.98 Å². The summed E-state index contributed by atoms with van der Waals surface area (Å²) in [5.41, 5.74) is 1.09. The average Bonchev–Trinajstić information content (AvgIpc) is 3.11. The standard InChI is InChI=1S/C16H20N2OS/c19-16(12-6-1-2-7-12)17-11-5-10-15-18-13-8-3-4-9-14(13)20-15/h3-4,8-9,12H,1-2,5-7,10-11H2,(H,17,19). The molecule has 0 spiro atoms. The molecule has 1 aliphatic carbocycles. The zero-order chi connectivity index (χ0) is 13.8. The predicted molar refractivity (Wildman–Crippen MR) is 82.9 cm³/mol. The lowest BCUT2D eigenvalue weighted by Crippen LogP contribution is -2.30. The van der Waals surface area contributed by atoms with Crippen molar-refractivity contribution in [2.45, 2.75) is 38.5 Å². The first-order valence-electron chi connectivity index (χ1n) is 7.45. The first-order valence-corrected chi connectivity index (χ1v) is 8.27. The van der Waals surface area contributed by atoms with Crippen LogP contribution in [0.4, 0.5) is 0 Å². The van der Waals surface area contributed by atoms with Crippen molar-refractivity contribution in [3.05, 3.63) is 29.3 Å². The third kappa shape index (κ3) is 3.18. The van der Waals surface area contributed by atoms with Gasteiger partial charge < -0.3 is 5.32 Å². The van der Waals surface area contributed by atoms with Crippen LogP contribution in [0.15, 0.2) is 24.3 Å². The predicted octanol–water partition coefficient (Wildman–Crippen LogP) is 3.54. The minimum atomic E-state index is 0.256. The highest BCUT2D eigenvalue weighted by atomic mass is 32.1. The van der Waals surface area contributed by atoms with Crippen molar-refractivity contribution in [2.24, 2.45) is 5.92 Å². The highest BCUT2D eigenvalue weighted by Gasteiger charge is 2.21. The van der Waals surface area contributed by atoms with Gasteiger partial charge >= 0.3 is 0 Å². The molecule has 1 amide bonds. The van der Waals surface area contributed by atoms with E-state index in [1.54, 1.807) is 11.3 Å². The molecule has 0 saturated heterocycles. The lowest BCUT2D eigenvalue weighted by Gasteiger charge is -2.09. The summed E-state index contributed by atoms with van der Waals surface area (Å²) in [6.45, 7) is 0.769. The SMILES string of the molecule is O=C(NCCCc1nc2ccccc2s1)C1CCCC1. The van der Waals surface area contributed by atoms with Crippen LogP contribution in [0.3, 0.4) is 0 Å². The molecule has 1 fully saturated rings. The lowest BCUT2D eigenvalue weighted by molar-refractivity contribution is -0.124. The van der Waals surface area contributed by atoms with Crippen LogP contribution in [0.5, 0.6) is 0 Å². The number of nitrogens with one attached hydrogen (secondary N) is 1. The Morgan fingerprint density at radius 3 is 2.90 bits per heavy atom. The summed E-state index contributed by atoms with van der Waals surface area (Å²) in [6, 6.07) is 8.23. The quantitative estimate of drug-likeness (QED) is 0.855. The maximum atomic E-state index is 11.9. The largest absolute Gasteiger partial charge is 0.356 e. The van der Waals surface area contributed by atoms with Crippen molar-refractivity contribution >= 4 is 27.5 Å². The lowest BCUT2D eigenvalue weighted by atomic mass is 10.1. The van der Waals surface area contributed by atoms with E-state index >= 15 is 0 Å². The number of carbonyl (C=O) groups is 1. The van der Waals surface area contributed by atoms with Crippen LogP contribution in [0.25, 0.3) is 10.2 Å². The monoisotopic (exact) mass is 288 g/mol. The Balaban J connectivity index is 1.44. The van der Waals surface area contributed by atoms with Crippen LogP contribution < -0.4 is 5.32 Å². The summed E-state index contributed by atoms with van der Waals surface area (Å²) in [4.78, 5) is 16.5. The van der Waals surface area contributed by atoms with Gasteiger partial charge in [-0.05, 0) is 31.4 Å². The second-order valence-electron chi connectivity index (χ2n) is 5.45. The van der Waals surface area contributed by atoms with E-state index in [1.807, 2.05) is 12.1 Å². The number of hydrogen-bond donors (Lipinski definition) is 1. The van der Waals surface area contributed by atoms with E-state index in [0.717, 1.165) is 37.7 Å². The summed E-state index contributed by atoms with van der Waals surface area (Å²) in [7, 11) is 0. The number of para-hydroxylation sites is 1. The van der Waals surface area contributed by atoms with E-state index in [0.29, 0.717) is 0 Å². The van der Waals surface area contributed by atoms with E-state index < -0.39 is 0 Å². The van der Waals surface area contributed by atoms with Crippen molar-refractivity contribution < 1.29 is 4.79 Å². The number of carbonyl (C=O) groups excluding carboxylic acids is 1. The Morgan fingerprint density at radius 1 is 1.30 bits per heavy atom. The minimum absolute atomic E-state index is 0.256. The second kappa shape index (κ2) is 6.35. The number of rotatable bonds is 5. The molecule has 3 rings (SSSR count). The molecule has 1 aromatic heterocycles. The molecule has 1 saturated carbocycles. The smallest absolute Gasteiger partial charge is 0.223 e. The molecule has 1 aliphatic rings. The molecule has 106 valence electrons. The Morgan fingerprint density at radius 2 is 2.10 bits per heavy atom. The van der Waals surface area contributed by atoms with Crippen molar-refractivity contribution in [1.82, 2.24) is 10.3 Å². The molecule has 0 bridgehead atoms. The number of nitrogens with zero attached hydrogens (tertiary/aromatic N) is 1. The molecule has 20 heavy (non-hydrogen) atoms. The number of hydrogen-bond acceptors (Lipinski definition) is 3. The molecule has 3 nitrogen and oxygen atoms in total. The number of amides is 1. The molecule has 0 aliphatic heterocycles. The summed E-state index contributed by atoms with van der Waals surface area (Å²) in [5, 5.41) is 4.23. The maximum Gasteiger partial charge on any atom is 0.223 e. The van der Waals surface area contributed by atoms with Crippen LogP contribution in [-0.2, 0) is 11.2 Å². The fraction of sp³-hybridized carbons (Fsp3) is 0.500. The molecular formula is C16H20N2OS. The topological polar surface area (TPSA) is 42.0 Å². The number of aromatic nitrogens is 1. The Labute approximate surface area is 123 Å². The van der Waals surface area contributed by atoms with Gasteiger partial charge in [0.25, 0.3) is 0 Å². The van der Waals surface area contributed by atoms with Gasteiger partial charge in [-0.3, -0.25) is 4.79 Å². The zero-order valence-corrected chi connectivity index (χ0v) is 12.4. The number of benzene rings is 1. The van der Waals surface area contributed by atoms with Crippen LogP contribution in [-0.4, -0.2) is 17.4 Å². The summed E-state index contributed by atoms with van der Waals surface area (Å²) >= 11 is 1.76. The summed E-state index contributed by atoms with van der Waals surface area (Å²) in [5.74, 6) is 0.532. The van der Waals surface area contributed by atoms with Gasteiger partial charge in [0.1, 0.15) is 0 Å². The fourth-order valence-corrected chi connectivity index (χ4v) is 3.82. The molecule has 1 heterocycles. The van der Waals surface area contributed by atoms with Gasteiger partial charge in [0.05, 0.1) is 15.2 Å². The van der Waals surface area contributed by atoms with Crippen LogP contribution in [0.2, 0.25) is 0 Å². The Hall–Kier alpha value is -1.42. The Bertz CT molecular complexity index is 554. The van der Waals surface area contributed by atoms with Crippen molar-refractivity contribution in [2.75, 3.05) is 6.54 Å². The van der Waals surface area contributed by atoms with E-state index in [4.69, 9.17) is 0 Å². The van der Waals surface area contributed by atoms with Crippen LogP contribution in [0.1, 0.15) is 37.1 Å². The Kier molecular flexibility index (Phi) is 4.31. The van der Waals surface area contributed by atoms with Gasteiger partial charge in [-0.1, -0.05) is 25.0 Å². The number of thiazole rings is 1. The third-order valence-electron chi connectivity index (χ3n) is 3.93. The number of aryl methyl sites for hydroxylation is 1. The van der Waals surface area contributed by atoms with E-state index in [1.165, 1.54) is 22.5 Å². The average molecular weight is 288 g/mol. The minimum Gasteiger partial charge on any atom is -0.356 e. The van der Waals surface area contributed by atoms with Gasteiger partial charge in [0.15, 0.2) is 0 Å². The molecule has 0 radical (unpaired) electrons. The second-order valence-corrected chi connectivity index (χ2v) is 6.57. The van der Waals surface area contributed by atoms with E-state index in [9.17, 15) is 4.79 Å². The van der Waals surface area contributed by atoms with Crippen LogP contribution in [0, 0.1) is 5.92 Å². The van der Waals surface area contributed by atoms with Gasteiger partial charge in [0.2, 0.25) is 5.91 Å². The first kappa shape index (κ1) is 13.6. The molecular weight excluding hydrogens is 268 g/mol. The first-order chi connectivity index (χ1) is 9.83. The molecule has 4 heteroatoms. The summed E-state index contributed by atoms with van der Waals surface area (Å²) < 4.78 is 1.25. The highest BCUT2D eigenvalue weighted by molar-refractivity contribution is 7.18. The van der Waals surface area contributed by atoms with Gasteiger partial charge in [0, 0.05) is 18.9 Å². The number of fused-ring (bicyclic) bond motifs is 1. The normalized spacial score (nSPS) is 15.8. The zero-order valence-electron chi connectivity index (χ0n) is 11.6. The fourth-order valence-electron chi connectivity index (χ4n) is 2.81. The van der Waals surface area contributed by atoms with Gasteiger partial charge in [-0.15, -0.1) is 11.3 Å². The van der Waals surface area contributed by atoms with Crippen molar-refractivity contribution in [1.29, 1.82) is 0 Å². The highest BCUT2D eigenvalue weighted by Crippen LogP contribution is 2.25. The molecule has 2 aromatic rings. The molecule has 0 atom stereocenters.